The van der Waals surface area contributed by atoms with Crippen molar-refractivity contribution in [2.45, 2.75) is 32.4 Å². The molecule has 0 radical (unpaired) electrons. The molecule has 0 saturated carbocycles. The number of halogens is 1. The zero-order valence-electron chi connectivity index (χ0n) is 8.76. The van der Waals surface area contributed by atoms with E-state index in [9.17, 15) is 4.39 Å². The quantitative estimate of drug-likeness (QED) is 0.784. The second kappa shape index (κ2) is 4.56. The van der Waals surface area contributed by atoms with Gasteiger partial charge in [-0.2, -0.15) is 0 Å². The van der Waals surface area contributed by atoms with Gasteiger partial charge in [0.05, 0.1) is 0 Å². The number of alkyl halides is 1. The minimum absolute atomic E-state index is 0.141. The van der Waals surface area contributed by atoms with Gasteiger partial charge in [-0.3, -0.25) is 0 Å². The van der Waals surface area contributed by atoms with E-state index in [0.717, 1.165) is 11.1 Å². The highest BCUT2D eigenvalue weighted by Crippen LogP contribution is 2.17. The van der Waals surface area contributed by atoms with Crippen molar-refractivity contribution < 1.29 is 9.50 Å². The van der Waals surface area contributed by atoms with Gasteiger partial charge in [-0.25, -0.2) is 4.39 Å². The average molecular weight is 196 g/mol. The summed E-state index contributed by atoms with van der Waals surface area (Å²) in [5.74, 6) is 0. The fourth-order valence-corrected chi connectivity index (χ4v) is 1.51. The fourth-order valence-electron chi connectivity index (χ4n) is 1.51. The second-order valence-electron chi connectivity index (χ2n) is 4.19. The SMILES string of the molecule is CC(C)(F)Cc1cccc(CCO)c1. The van der Waals surface area contributed by atoms with E-state index in [1.54, 1.807) is 13.8 Å². The highest BCUT2D eigenvalue weighted by atomic mass is 19.1. The molecule has 78 valence electrons. The van der Waals surface area contributed by atoms with Crippen molar-refractivity contribution in [3.63, 3.8) is 0 Å². The van der Waals surface area contributed by atoms with Gasteiger partial charge in [-0.1, -0.05) is 24.3 Å². The van der Waals surface area contributed by atoms with Crippen LogP contribution in [-0.4, -0.2) is 17.4 Å². The lowest BCUT2D eigenvalue weighted by Crippen LogP contribution is -2.15. The molecule has 1 aromatic rings. The van der Waals surface area contributed by atoms with Gasteiger partial charge in [0.2, 0.25) is 0 Å². The molecule has 14 heavy (non-hydrogen) atoms. The molecule has 1 N–H and O–H groups in total. The van der Waals surface area contributed by atoms with Crippen molar-refractivity contribution in [3.05, 3.63) is 35.4 Å². The second-order valence-corrected chi connectivity index (χ2v) is 4.19. The highest BCUT2D eigenvalue weighted by Gasteiger charge is 2.15. The molecule has 0 atom stereocenters. The molecule has 0 aliphatic carbocycles. The van der Waals surface area contributed by atoms with E-state index in [1.165, 1.54) is 0 Å². The first-order chi connectivity index (χ1) is 6.51. The van der Waals surface area contributed by atoms with Crippen LogP contribution < -0.4 is 0 Å². The van der Waals surface area contributed by atoms with Crippen LogP contribution in [0.25, 0.3) is 0 Å². The predicted molar refractivity (Wildman–Crippen MR) is 56.1 cm³/mol. The molecule has 0 amide bonds. The van der Waals surface area contributed by atoms with Crippen molar-refractivity contribution in [1.29, 1.82) is 0 Å². The van der Waals surface area contributed by atoms with Crippen molar-refractivity contribution in [2.24, 2.45) is 0 Å². The summed E-state index contributed by atoms with van der Waals surface area (Å²) in [4.78, 5) is 0. The minimum Gasteiger partial charge on any atom is -0.396 e. The van der Waals surface area contributed by atoms with Gasteiger partial charge in [0.25, 0.3) is 0 Å². The molecule has 0 aliphatic rings. The van der Waals surface area contributed by atoms with Crippen LogP contribution >= 0.6 is 0 Å². The van der Waals surface area contributed by atoms with Crippen LogP contribution in [0.4, 0.5) is 4.39 Å². The molecule has 2 heteroatoms. The van der Waals surface area contributed by atoms with E-state index >= 15 is 0 Å². The summed E-state index contributed by atoms with van der Waals surface area (Å²) in [5.41, 5.74) is 0.885. The maximum Gasteiger partial charge on any atom is 0.109 e. The van der Waals surface area contributed by atoms with Gasteiger partial charge < -0.3 is 5.11 Å². The maximum atomic E-state index is 13.3. The number of hydrogen-bond donors (Lipinski definition) is 1. The monoisotopic (exact) mass is 196 g/mol. The maximum absolute atomic E-state index is 13.3. The number of rotatable bonds is 4. The van der Waals surface area contributed by atoms with Crippen molar-refractivity contribution in [2.75, 3.05) is 6.61 Å². The van der Waals surface area contributed by atoms with E-state index in [2.05, 4.69) is 0 Å². The third kappa shape index (κ3) is 3.88. The predicted octanol–water partition coefficient (Wildman–Crippen LogP) is 2.51. The van der Waals surface area contributed by atoms with E-state index in [-0.39, 0.29) is 6.61 Å². The van der Waals surface area contributed by atoms with Gasteiger partial charge in [-0.15, -0.1) is 0 Å². The zero-order chi connectivity index (χ0) is 10.6. The van der Waals surface area contributed by atoms with E-state index < -0.39 is 5.67 Å². The summed E-state index contributed by atoms with van der Waals surface area (Å²) in [5, 5.41) is 8.77. The Hall–Kier alpha value is -0.890. The molecule has 0 fully saturated rings. The molecule has 0 aliphatic heterocycles. The first-order valence-electron chi connectivity index (χ1n) is 4.89. The largest absolute Gasteiger partial charge is 0.396 e. The van der Waals surface area contributed by atoms with Crippen molar-refractivity contribution in [1.82, 2.24) is 0 Å². The molecule has 0 saturated heterocycles. The van der Waals surface area contributed by atoms with Crippen LogP contribution in [0.15, 0.2) is 24.3 Å². The Bertz CT molecular complexity index is 289. The van der Waals surface area contributed by atoms with E-state index in [4.69, 9.17) is 5.11 Å². The Morgan fingerprint density at radius 3 is 2.50 bits per heavy atom. The standard InChI is InChI=1S/C12H17FO/c1-12(2,13)9-11-5-3-4-10(8-11)6-7-14/h3-5,8,14H,6-7,9H2,1-2H3. The lowest BCUT2D eigenvalue weighted by molar-refractivity contribution is 0.217. The van der Waals surface area contributed by atoms with E-state index in [1.807, 2.05) is 24.3 Å². The van der Waals surface area contributed by atoms with Crippen molar-refractivity contribution >= 4 is 0 Å². The summed E-state index contributed by atoms with van der Waals surface area (Å²) in [6.45, 7) is 3.29. The molecule has 1 nitrogen and oxygen atoms in total. The lowest BCUT2D eigenvalue weighted by Gasteiger charge is -2.14. The van der Waals surface area contributed by atoms with Crippen LogP contribution in [0.2, 0.25) is 0 Å². The topological polar surface area (TPSA) is 20.2 Å². The third-order valence-corrected chi connectivity index (χ3v) is 2.02. The molecule has 1 aromatic carbocycles. The Balaban J connectivity index is 2.73. The first-order valence-corrected chi connectivity index (χ1v) is 4.89. The summed E-state index contributed by atoms with van der Waals surface area (Å²) in [6, 6.07) is 7.73. The highest BCUT2D eigenvalue weighted by molar-refractivity contribution is 5.24. The Labute approximate surface area is 84.6 Å². The van der Waals surface area contributed by atoms with Crippen LogP contribution in [0.1, 0.15) is 25.0 Å². The number of hydrogen-bond acceptors (Lipinski definition) is 1. The van der Waals surface area contributed by atoms with Gasteiger partial charge in [-0.05, 0) is 31.4 Å². The molecular formula is C12H17FO. The number of aliphatic hydroxyl groups excluding tert-OH is 1. The van der Waals surface area contributed by atoms with Crippen LogP contribution in [0.3, 0.4) is 0 Å². The summed E-state index contributed by atoms with van der Waals surface area (Å²) < 4.78 is 13.3. The van der Waals surface area contributed by atoms with E-state index in [0.29, 0.717) is 12.8 Å². The van der Waals surface area contributed by atoms with Crippen LogP contribution in [0.5, 0.6) is 0 Å². The smallest absolute Gasteiger partial charge is 0.109 e. The molecule has 0 heterocycles. The summed E-state index contributed by atoms with van der Waals surface area (Å²) in [6.07, 6.45) is 1.06. The van der Waals surface area contributed by atoms with Crippen molar-refractivity contribution in [3.8, 4) is 0 Å². The molecule has 0 aromatic heterocycles. The Morgan fingerprint density at radius 2 is 1.93 bits per heavy atom. The van der Waals surface area contributed by atoms with Crippen LogP contribution in [0, 0.1) is 0 Å². The molecule has 0 spiro atoms. The minimum atomic E-state index is -1.17. The third-order valence-electron chi connectivity index (χ3n) is 2.02. The molecule has 0 unspecified atom stereocenters. The summed E-state index contributed by atoms with van der Waals surface area (Å²) >= 11 is 0. The number of benzene rings is 1. The molecular weight excluding hydrogens is 179 g/mol. The van der Waals surface area contributed by atoms with Crippen LogP contribution in [-0.2, 0) is 12.8 Å². The molecule has 0 bridgehead atoms. The fraction of sp³-hybridized carbons (Fsp3) is 0.500. The normalized spacial score (nSPS) is 11.7. The zero-order valence-corrected chi connectivity index (χ0v) is 8.76. The summed E-state index contributed by atoms with van der Waals surface area (Å²) in [7, 11) is 0. The average Bonchev–Trinajstić information content (AvgIpc) is 2.02. The van der Waals surface area contributed by atoms with Gasteiger partial charge in [0.1, 0.15) is 5.67 Å². The van der Waals surface area contributed by atoms with Gasteiger partial charge >= 0.3 is 0 Å². The van der Waals surface area contributed by atoms with Gasteiger partial charge in [0.15, 0.2) is 0 Å². The Kier molecular flexibility index (Phi) is 3.64. The molecule has 1 rings (SSSR count). The number of aliphatic hydroxyl groups is 1. The lowest BCUT2D eigenvalue weighted by atomic mass is 9.98. The Morgan fingerprint density at radius 1 is 1.29 bits per heavy atom. The van der Waals surface area contributed by atoms with Gasteiger partial charge in [0, 0.05) is 13.0 Å². The first kappa shape index (κ1) is 11.2.